The second kappa shape index (κ2) is 6.98. The molecule has 0 saturated carbocycles. The number of pyridine rings is 1. The number of nitrogens with one attached hydrogen (secondary N) is 3. The van der Waals surface area contributed by atoms with Gasteiger partial charge in [-0.2, -0.15) is 0 Å². The molecule has 0 unspecified atom stereocenters. The Kier molecular flexibility index (Phi) is 4.76. The molecule has 1 aromatic heterocycles. The lowest BCUT2D eigenvalue weighted by Crippen LogP contribution is -2.13. The van der Waals surface area contributed by atoms with E-state index in [0.717, 1.165) is 12.4 Å². The van der Waals surface area contributed by atoms with Gasteiger partial charge in [0, 0.05) is 23.6 Å². The summed E-state index contributed by atoms with van der Waals surface area (Å²) in [5, 5.41) is 16.0. The topological polar surface area (TPSA) is 80.6 Å². The minimum Gasteiger partial charge on any atom is -0.316 e. The van der Waals surface area contributed by atoms with Gasteiger partial charge in [0.15, 0.2) is 0 Å². The number of halogens is 2. The Hall–Kier alpha value is -2.80. The summed E-state index contributed by atoms with van der Waals surface area (Å²) in [6.45, 7) is 0. The lowest BCUT2D eigenvalue weighted by Gasteiger charge is -2.09. The fourth-order valence-electron chi connectivity index (χ4n) is 2.50. The Morgan fingerprint density at radius 2 is 1.84 bits per heavy atom. The molecule has 3 rings (SSSR count). The largest absolute Gasteiger partial charge is 0.316 e. The monoisotopic (exact) mass is 357 g/mol. The van der Waals surface area contributed by atoms with Gasteiger partial charge in [0.2, 0.25) is 0 Å². The number of benzene rings is 2. The van der Waals surface area contributed by atoms with E-state index in [1.165, 1.54) is 42.1 Å². The first-order valence-electron chi connectivity index (χ1n) is 7.31. The zero-order valence-corrected chi connectivity index (χ0v) is 13.7. The minimum atomic E-state index is -0.464. The maximum Gasteiger partial charge on any atom is 0.258 e. The van der Waals surface area contributed by atoms with Crippen LogP contribution < -0.4 is 5.56 Å². The van der Waals surface area contributed by atoms with Crippen LogP contribution in [0.2, 0.25) is 0 Å². The van der Waals surface area contributed by atoms with Crippen LogP contribution in [0.25, 0.3) is 10.8 Å². The van der Waals surface area contributed by atoms with Crippen molar-refractivity contribution in [1.82, 2.24) is 4.98 Å². The van der Waals surface area contributed by atoms with Crippen LogP contribution in [-0.2, 0) is 5.75 Å². The average molecular weight is 357 g/mol. The standard InChI is InChI=1S/C18H13F2N3OS/c19-12-2-3-13-14(6-12)18(23-17(24)15(13)8-22)25-9-11-5-10(7-21)1-4-16(11)20/h1-8,21-22H,9H2,(H,23,24). The molecule has 7 heteroatoms. The predicted octanol–water partition coefficient (Wildman–Crippen LogP) is 4.09. The van der Waals surface area contributed by atoms with Crippen LogP contribution in [0.4, 0.5) is 8.78 Å². The molecule has 0 aliphatic heterocycles. The molecule has 2 aromatic carbocycles. The number of thioether (sulfide) groups is 1. The summed E-state index contributed by atoms with van der Waals surface area (Å²) in [6.07, 6.45) is 2.06. The van der Waals surface area contributed by atoms with Crippen molar-refractivity contribution in [3.05, 3.63) is 75.1 Å². The molecule has 0 fully saturated rings. The number of aromatic nitrogens is 1. The van der Waals surface area contributed by atoms with Gasteiger partial charge >= 0.3 is 0 Å². The highest BCUT2D eigenvalue weighted by Crippen LogP contribution is 2.30. The molecule has 0 spiro atoms. The number of rotatable bonds is 5. The highest BCUT2D eigenvalue weighted by atomic mass is 32.2. The van der Waals surface area contributed by atoms with E-state index < -0.39 is 17.2 Å². The summed E-state index contributed by atoms with van der Waals surface area (Å²) in [7, 11) is 0. The molecular weight excluding hydrogens is 344 g/mol. The maximum atomic E-state index is 13.9. The van der Waals surface area contributed by atoms with Gasteiger partial charge in [0.25, 0.3) is 5.56 Å². The second-order valence-electron chi connectivity index (χ2n) is 5.32. The number of hydrogen-bond donors (Lipinski definition) is 3. The van der Waals surface area contributed by atoms with Crippen molar-refractivity contribution in [3.63, 3.8) is 0 Å². The first kappa shape index (κ1) is 17.0. The lowest BCUT2D eigenvalue weighted by atomic mass is 10.1. The van der Waals surface area contributed by atoms with Crippen LogP contribution in [0.5, 0.6) is 0 Å². The molecule has 4 nitrogen and oxygen atoms in total. The molecule has 3 aromatic rings. The van der Waals surface area contributed by atoms with Crippen LogP contribution in [0, 0.1) is 22.5 Å². The highest BCUT2D eigenvalue weighted by Gasteiger charge is 2.12. The van der Waals surface area contributed by atoms with E-state index in [2.05, 4.69) is 4.98 Å². The molecule has 0 saturated heterocycles. The predicted molar refractivity (Wildman–Crippen MR) is 96.3 cm³/mol. The van der Waals surface area contributed by atoms with Crippen LogP contribution in [0.3, 0.4) is 0 Å². The third-order valence-electron chi connectivity index (χ3n) is 3.74. The van der Waals surface area contributed by atoms with Crippen molar-refractivity contribution in [2.45, 2.75) is 10.8 Å². The third-order valence-corrected chi connectivity index (χ3v) is 4.81. The summed E-state index contributed by atoms with van der Waals surface area (Å²) < 4.78 is 27.6. The van der Waals surface area contributed by atoms with E-state index >= 15 is 0 Å². The van der Waals surface area contributed by atoms with Gasteiger partial charge in [-0.05, 0) is 40.8 Å². The third kappa shape index (κ3) is 3.36. The Balaban J connectivity index is 2.05. The zero-order valence-electron chi connectivity index (χ0n) is 12.9. The van der Waals surface area contributed by atoms with Crippen LogP contribution in [0.15, 0.2) is 46.2 Å². The van der Waals surface area contributed by atoms with Gasteiger partial charge in [-0.1, -0.05) is 12.1 Å². The first-order valence-corrected chi connectivity index (χ1v) is 8.29. The van der Waals surface area contributed by atoms with E-state index in [4.69, 9.17) is 10.8 Å². The molecule has 0 bridgehead atoms. The maximum absolute atomic E-state index is 13.9. The zero-order chi connectivity index (χ0) is 18.0. The second-order valence-corrected chi connectivity index (χ2v) is 6.30. The van der Waals surface area contributed by atoms with Gasteiger partial charge < -0.3 is 15.8 Å². The number of fused-ring (bicyclic) bond motifs is 1. The summed E-state index contributed by atoms with van der Waals surface area (Å²) in [6, 6.07) is 8.32. The molecule has 0 radical (unpaired) electrons. The van der Waals surface area contributed by atoms with Crippen molar-refractivity contribution in [1.29, 1.82) is 10.8 Å². The van der Waals surface area contributed by atoms with Crippen molar-refractivity contribution < 1.29 is 8.78 Å². The lowest BCUT2D eigenvalue weighted by molar-refractivity contribution is 0.617. The number of H-pyrrole nitrogens is 1. The normalized spacial score (nSPS) is 10.8. The van der Waals surface area contributed by atoms with Crippen LogP contribution in [0.1, 0.15) is 16.7 Å². The van der Waals surface area contributed by atoms with Crippen LogP contribution in [-0.4, -0.2) is 17.4 Å². The van der Waals surface area contributed by atoms with Gasteiger partial charge in [0.05, 0.1) is 10.6 Å². The summed E-state index contributed by atoms with van der Waals surface area (Å²) in [4.78, 5) is 14.8. The quantitative estimate of drug-likeness (QED) is 0.475. The van der Waals surface area contributed by atoms with E-state index in [9.17, 15) is 13.6 Å². The van der Waals surface area contributed by atoms with Gasteiger partial charge in [-0.3, -0.25) is 4.79 Å². The number of aromatic amines is 1. The molecule has 126 valence electrons. The van der Waals surface area contributed by atoms with Crippen molar-refractivity contribution >= 4 is 35.0 Å². The molecule has 0 amide bonds. The van der Waals surface area contributed by atoms with Gasteiger partial charge in [-0.25, -0.2) is 8.78 Å². The Bertz CT molecular complexity index is 1050. The fraction of sp³-hybridized carbons (Fsp3) is 0.0556. The summed E-state index contributed by atoms with van der Waals surface area (Å²) in [5.41, 5.74) is 0.648. The minimum absolute atomic E-state index is 0.149. The Labute approximate surface area is 145 Å². The molecular formula is C18H13F2N3OS. The number of hydrogen-bond acceptors (Lipinski definition) is 4. The van der Waals surface area contributed by atoms with Crippen molar-refractivity contribution in [2.75, 3.05) is 0 Å². The van der Waals surface area contributed by atoms with Crippen LogP contribution >= 0.6 is 11.8 Å². The SMILES string of the molecule is N=Cc1ccc(F)c(CSc2[nH]c(=O)c(C=N)c3ccc(F)cc23)c1. The average Bonchev–Trinajstić information content (AvgIpc) is 2.61. The van der Waals surface area contributed by atoms with E-state index in [1.807, 2.05) is 0 Å². The van der Waals surface area contributed by atoms with Crippen molar-refractivity contribution in [2.24, 2.45) is 0 Å². The van der Waals surface area contributed by atoms with Crippen molar-refractivity contribution in [3.8, 4) is 0 Å². The molecule has 0 aliphatic rings. The highest BCUT2D eigenvalue weighted by molar-refractivity contribution is 7.98. The summed E-state index contributed by atoms with van der Waals surface area (Å²) >= 11 is 1.17. The van der Waals surface area contributed by atoms with Gasteiger partial charge in [-0.15, -0.1) is 11.8 Å². The molecule has 3 N–H and O–H groups in total. The van der Waals surface area contributed by atoms with E-state index in [-0.39, 0.29) is 11.3 Å². The fourth-order valence-corrected chi connectivity index (χ4v) is 3.51. The Morgan fingerprint density at radius 3 is 2.56 bits per heavy atom. The smallest absolute Gasteiger partial charge is 0.258 e. The Morgan fingerprint density at radius 1 is 1.04 bits per heavy atom. The first-order chi connectivity index (χ1) is 12.0. The molecule has 0 atom stereocenters. The van der Waals surface area contributed by atoms with E-state index in [1.54, 1.807) is 6.07 Å². The van der Waals surface area contributed by atoms with Gasteiger partial charge in [0.1, 0.15) is 11.6 Å². The molecule has 1 heterocycles. The molecule has 25 heavy (non-hydrogen) atoms. The summed E-state index contributed by atoms with van der Waals surface area (Å²) in [5.74, 6) is -0.666. The van der Waals surface area contributed by atoms with E-state index in [0.29, 0.717) is 26.9 Å². The molecule has 0 aliphatic carbocycles.